The van der Waals surface area contributed by atoms with Gasteiger partial charge in [0, 0.05) is 43.6 Å². The molecule has 2 aromatic carbocycles. The van der Waals surface area contributed by atoms with Gasteiger partial charge in [-0.05, 0) is 36.5 Å². The summed E-state index contributed by atoms with van der Waals surface area (Å²) in [5.74, 6) is 0.444. The summed E-state index contributed by atoms with van der Waals surface area (Å²) in [6, 6.07) is 19.0. The largest absolute Gasteiger partial charge is 0.378 e. The van der Waals surface area contributed by atoms with Crippen molar-refractivity contribution in [1.29, 1.82) is 0 Å². The van der Waals surface area contributed by atoms with E-state index >= 15 is 0 Å². The molecule has 5 atom stereocenters. The number of imidazole rings is 1. The normalized spacial score (nSPS) is 27.0. The number of carbonyl (C=O) groups excluding carboxylic acids is 2. The maximum atomic E-state index is 14.2. The molecule has 0 radical (unpaired) electrons. The third-order valence-electron chi connectivity index (χ3n) is 8.33. The Morgan fingerprint density at radius 3 is 2.58 bits per heavy atom. The van der Waals surface area contributed by atoms with E-state index in [1.807, 2.05) is 13.1 Å². The van der Waals surface area contributed by atoms with Crippen molar-refractivity contribution in [3.63, 3.8) is 0 Å². The van der Waals surface area contributed by atoms with E-state index in [9.17, 15) is 9.59 Å². The molecule has 2 amide bonds. The predicted molar refractivity (Wildman–Crippen MR) is 138 cm³/mol. The zero-order chi connectivity index (χ0) is 24.6. The van der Waals surface area contributed by atoms with E-state index in [1.54, 1.807) is 17.0 Å². The van der Waals surface area contributed by atoms with Crippen LogP contribution in [0.15, 0.2) is 67.0 Å². The molecule has 3 heterocycles. The van der Waals surface area contributed by atoms with Crippen molar-refractivity contribution in [2.24, 2.45) is 18.9 Å². The van der Waals surface area contributed by atoms with Crippen molar-refractivity contribution in [2.75, 3.05) is 11.9 Å². The number of aromatic nitrogens is 2. The Hall–Kier alpha value is -3.61. The van der Waals surface area contributed by atoms with E-state index in [0.29, 0.717) is 11.7 Å². The number of hydrogen-bond donors (Lipinski definition) is 2. The second-order valence-electron chi connectivity index (χ2n) is 10.4. The molecule has 0 unspecified atom stereocenters. The molecule has 7 nitrogen and oxygen atoms in total. The number of fused-ring (bicyclic) bond motifs is 3. The Bertz CT molecular complexity index is 1260. The fourth-order valence-electron chi connectivity index (χ4n) is 6.59. The van der Waals surface area contributed by atoms with Gasteiger partial charge in [-0.1, -0.05) is 61.4 Å². The summed E-state index contributed by atoms with van der Waals surface area (Å²) in [7, 11) is 1.81. The summed E-state index contributed by atoms with van der Waals surface area (Å²) < 4.78 is 1.72. The first-order valence-electron chi connectivity index (χ1n) is 13.1. The number of likely N-dealkylation sites (tertiary alicyclic amines) is 1. The topological polar surface area (TPSA) is 79.3 Å². The Kier molecular flexibility index (Phi) is 5.99. The first kappa shape index (κ1) is 22.8. The second-order valence-corrected chi connectivity index (χ2v) is 10.4. The van der Waals surface area contributed by atoms with Crippen LogP contribution in [0.2, 0.25) is 0 Å². The standard InChI is InChI=1S/C29H33N5O2/c1-33-18-16-30-27(33)28(35)32-24-14-8-6-12-21(24)29(36)34-17-15-22-25(19-9-3-2-4-10-19)31-23-13-7-5-11-20(23)26(22)34/h2-5,7,9-11,13,16,18,21-22,24-26,31H,6,8,12,14-15,17H2,1H3,(H,32,35)/t21-,22+,24+,25-,26-/m0/s1. The number of nitrogens with one attached hydrogen (secondary N) is 2. The zero-order valence-corrected chi connectivity index (χ0v) is 20.6. The SMILES string of the molecule is Cn1ccnc1C(=O)N[C@@H]1CCCC[C@@H]1C(=O)N1CC[C@@H]2[C@H](c3ccccc3)Nc3ccccc3[C@@H]21. The molecule has 186 valence electrons. The third-order valence-corrected chi connectivity index (χ3v) is 8.33. The first-order chi connectivity index (χ1) is 17.6. The molecule has 1 aromatic heterocycles. The van der Waals surface area contributed by atoms with E-state index < -0.39 is 0 Å². The lowest BCUT2D eigenvalue weighted by molar-refractivity contribution is -0.138. The lowest BCUT2D eigenvalue weighted by atomic mass is 9.79. The molecule has 2 N–H and O–H groups in total. The van der Waals surface area contributed by atoms with Crippen LogP contribution >= 0.6 is 0 Å². The van der Waals surface area contributed by atoms with Crippen molar-refractivity contribution in [2.45, 2.75) is 50.2 Å². The van der Waals surface area contributed by atoms with Gasteiger partial charge in [-0.2, -0.15) is 0 Å². The van der Waals surface area contributed by atoms with Gasteiger partial charge in [0.25, 0.3) is 5.91 Å². The van der Waals surface area contributed by atoms with Crippen LogP contribution in [0.25, 0.3) is 0 Å². The molecular formula is C29H33N5O2. The van der Waals surface area contributed by atoms with Gasteiger partial charge in [-0.25, -0.2) is 4.98 Å². The number of hydrogen-bond acceptors (Lipinski definition) is 4. The van der Waals surface area contributed by atoms with Crippen LogP contribution in [0.1, 0.15) is 65.9 Å². The molecule has 0 bridgehead atoms. The Morgan fingerprint density at radius 1 is 1.00 bits per heavy atom. The van der Waals surface area contributed by atoms with Crippen LogP contribution < -0.4 is 10.6 Å². The van der Waals surface area contributed by atoms with Crippen LogP contribution in [0.4, 0.5) is 5.69 Å². The molecule has 36 heavy (non-hydrogen) atoms. The average molecular weight is 484 g/mol. The summed E-state index contributed by atoms with van der Waals surface area (Å²) in [6.45, 7) is 0.740. The highest BCUT2D eigenvalue weighted by Gasteiger charge is 2.48. The maximum Gasteiger partial charge on any atom is 0.287 e. The molecular weight excluding hydrogens is 450 g/mol. The van der Waals surface area contributed by atoms with Crippen molar-refractivity contribution in [3.05, 3.63) is 83.9 Å². The number of nitrogens with zero attached hydrogens (tertiary/aromatic N) is 3. The summed E-state index contributed by atoms with van der Waals surface area (Å²) in [5.41, 5.74) is 3.56. The number of amides is 2. The van der Waals surface area contributed by atoms with Gasteiger partial charge in [0.2, 0.25) is 5.91 Å². The molecule has 1 aliphatic carbocycles. The molecule has 3 aromatic rings. The second kappa shape index (κ2) is 9.45. The number of carbonyl (C=O) groups is 2. The van der Waals surface area contributed by atoms with Gasteiger partial charge in [0.15, 0.2) is 5.82 Å². The lowest BCUT2D eigenvalue weighted by Gasteiger charge is -2.42. The molecule has 1 saturated carbocycles. The molecule has 2 fully saturated rings. The molecule has 7 heteroatoms. The van der Waals surface area contributed by atoms with E-state index in [-0.39, 0.29) is 35.9 Å². The quantitative estimate of drug-likeness (QED) is 0.574. The summed E-state index contributed by atoms with van der Waals surface area (Å²) in [6.07, 6.45) is 8.00. The Balaban J connectivity index is 1.28. The van der Waals surface area contributed by atoms with Crippen LogP contribution in [-0.4, -0.2) is 38.9 Å². The highest BCUT2D eigenvalue weighted by Crippen LogP contribution is 2.51. The summed E-state index contributed by atoms with van der Waals surface area (Å²) in [4.78, 5) is 33.4. The number of anilines is 1. The average Bonchev–Trinajstić information content (AvgIpc) is 3.55. The molecule has 6 rings (SSSR count). The van der Waals surface area contributed by atoms with Gasteiger partial charge in [0.05, 0.1) is 18.0 Å². The molecule has 0 spiro atoms. The molecule has 2 aliphatic heterocycles. The van der Waals surface area contributed by atoms with E-state index in [1.165, 1.54) is 11.1 Å². The van der Waals surface area contributed by atoms with Gasteiger partial charge >= 0.3 is 0 Å². The van der Waals surface area contributed by atoms with Crippen LogP contribution in [0.5, 0.6) is 0 Å². The van der Waals surface area contributed by atoms with Gasteiger partial charge in [0.1, 0.15) is 0 Å². The van der Waals surface area contributed by atoms with Gasteiger partial charge < -0.3 is 20.1 Å². The Morgan fingerprint density at radius 2 is 1.78 bits per heavy atom. The highest BCUT2D eigenvalue weighted by molar-refractivity contribution is 5.91. The lowest BCUT2D eigenvalue weighted by Crippen LogP contribution is -2.50. The molecule has 1 saturated heterocycles. The number of rotatable bonds is 4. The van der Waals surface area contributed by atoms with Crippen molar-refractivity contribution in [1.82, 2.24) is 19.8 Å². The monoisotopic (exact) mass is 483 g/mol. The van der Waals surface area contributed by atoms with Crippen molar-refractivity contribution in [3.8, 4) is 0 Å². The van der Waals surface area contributed by atoms with Crippen LogP contribution in [-0.2, 0) is 11.8 Å². The first-order valence-corrected chi connectivity index (χ1v) is 13.1. The fourth-order valence-corrected chi connectivity index (χ4v) is 6.59. The minimum Gasteiger partial charge on any atom is -0.378 e. The maximum absolute atomic E-state index is 14.2. The van der Waals surface area contributed by atoms with Crippen molar-refractivity contribution < 1.29 is 9.59 Å². The minimum absolute atomic E-state index is 0.0352. The van der Waals surface area contributed by atoms with Crippen LogP contribution in [0.3, 0.4) is 0 Å². The van der Waals surface area contributed by atoms with E-state index in [0.717, 1.165) is 44.3 Å². The molecule has 3 aliphatic rings. The fraction of sp³-hybridized carbons (Fsp3) is 0.414. The number of para-hydroxylation sites is 1. The highest BCUT2D eigenvalue weighted by atomic mass is 16.2. The number of benzene rings is 2. The predicted octanol–water partition coefficient (Wildman–Crippen LogP) is 4.47. The van der Waals surface area contributed by atoms with Gasteiger partial charge in [-0.15, -0.1) is 0 Å². The van der Waals surface area contributed by atoms with Gasteiger partial charge in [-0.3, -0.25) is 9.59 Å². The number of aryl methyl sites for hydroxylation is 1. The minimum atomic E-state index is -0.209. The summed E-state index contributed by atoms with van der Waals surface area (Å²) in [5, 5.41) is 6.94. The van der Waals surface area contributed by atoms with E-state index in [2.05, 4.69) is 69.0 Å². The van der Waals surface area contributed by atoms with Crippen LogP contribution in [0, 0.1) is 11.8 Å². The van der Waals surface area contributed by atoms with Crippen molar-refractivity contribution >= 4 is 17.5 Å². The smallest absolute Gasteiger partial charge is 0.287 e. The Labute approximate surface area is 211 Å². The van der Waals surface area contributed by atoms with E-state index in [4.69, 9.17) is 0 Å². The zero-order valence-electron chi connectivity index (χ0n) is 20.6. The summed E-state index contributed by atoms with van der Waals surface area (Å²) >= 11 is 0. The third kappa shape index (κ3) is 3.96.